The number of halogens is 5. The second-order valence-corrected chi connectivity index (χ2v) is 39.9. The van der Waals surface area contributed by atoms with Crippen LogP contribution in [-0.4, -0.2) is 64.6 Å². The van der Waals surface area contributed by atoms with Crippen molar-refractivity contribution < 1.29 is 27.9 Å². The molecule has 3 saturated heterocycles. The summed E-state index contributed by atoms with van der Waals surface area (Å²) < 4.78 is 40.0. The third kappa shape index (κ3) is 24.8. The van der Waals surface area contributed by atoms with E-state index in [0.29, 0.717) is 0 Å². The van der Waals surface area contributed by atoms with Gasteiger partial charge in [0.25, 0.3) is 0 Å². The first-order valence-electron chi connectivity index (χ1n) is 46.8. The van der Waals surface area contributed by atoms with Crippen molar-refractivity contribution in [1.29, 1.82) is 0 Å². The Labute approximate surface area is 875 Å². The van der Waals surface area contributed by atoms with Gasteiger partial charge in [-0.1, -0.05) is 427 Å². The van der Waals surface area contributed by atoms with E-state index in [2.05, 4.69) is 542 Å². The van der Waals surface area contributed by atoms with E-state index < -0.39 is 32.3 Å². The molecule has 3 aliphatic rings. The molecule has 0 unspecified atom stereocenters. The topological polar surface area (TPSA) is 73.9 Å². The quantitative estimate of drug-likeness (QED) is 0.0578. The minimum absolute atomic E-state index is 0.360. The number of hydrogen-bond acceptors (Lipinski definition) is 9. The Bertz CT molecular complexity index is 7030. The van der Waals surface area contributed by atoms with E-state index >= 15 is 0 Å². The van der Waals surface area contributed by atoms with E-state index in [-0.39, 0.29) is 22.4 Å². The molecule has 0 bridgehead atoms. The number of fused-ring (bicyclic) bond motifs is 3. The highest BCUT2D eigenvalue weighted by Gasteiger charge is 2.64. The maximum atomic E-state index is 6.44. The molecule has 3 aliphatic heterocycles. The lowest BCUT2D eigenvalue weighted by molar-refractivity contribution is 0.00578. The Morgan fingerprint density at radius 2 is 0.482 bits per heavy atom. The number of nitrogens with one attached hydrogen (secondary N) is 1. The molecular weight excluding hydrogens is 2130 g/mol. The molecule has 139 heavy (non-hydrogen) atoms. The number of benzene rings is 18. The molecule has 9 nitrogen and oxygen atoms in total. The largest absolute Gasteiger partial charge is 0.494 e. The summed E-state index contributed by atoms with van der Waals surface area (Å²) in [6.07, 6.45) is 0. The van der Waals surface area contributed by atoms with Crippen LogP contribution in [0.5, 0.6) is 0 Å². The summed E-state index contributed by atoms with van der Waals surface area (Å²) >= 11 is 14.6. The molecule has 21 rings (SSSR count). The fourth-order valence-electron chi connectivity index (χ4n) is 16.9. The molecule has 0 spiro atoms. The molecular formula is C122H115B3Br3I2N3O6. The van der Waals surface area contributed by atoms with Gasteiger partial charge in [0, 0.05) is 63.7 Å². The number of alkyl halides is 2. The van der Waals surface area contributed by atoms with Gasteiger partial charge in [0.1, 0.15) is 0 Å². The van der Waals surface area contributed by atoms with E-state index in [1.165, 1.54) is 93.5 Å². The van der Waals surface area contributed by atoms with E-state index in [1.807, 2.05) is 95.6 Å². The van der Waals surface area contributed by atoms with Crippen molar-refractivity contribution in [3.8, 4) is 66.8 Å². The predicted octanol–water partition coefficient (Wildman–Crippen LogP) is 35.8. The minimum Gasteiger partial charge on any atom is -0.405 e. The second kappa shape index (κ2) is 46.2. The Morgan fingerprint density at radius 1 is 0.223 bits per heavy atom. The van der Waals surface area contributed by atoms with Crippen LogP contribution in [0.2, 0.25) is 0 Å². The van der Waals surface area contributed by atoms with Crippen LogP contribution in [0.3, 0.4) is 0 Å². The summed E-state index contributed by atoms with van der Waals surface area (Å²) in [4.78, 5) is 8.63. The molecule has 18 aromatic carbocycles. The fraction of sp³-hybridized carbons (Fsp3) is 0.164. The maximum Gasteiger partial charge on any atom is 0.494 e. The maximum absolute atomic E-state index is 6.44. The van der Waals surface area contributed by atoms with Gasteiger partial charge in [-0.05, 0) is 284 Å². The highest BCUT2D eigenvalue weighted by atomic mass is 127. The van der Waals surface area contributed by atoms with Gasteiger partial charge >= 0.3 is 21.1 Å². The molecule has 0 saturated carbocycles. The number of hydrogen-bond donors (Lipinski definition) is 1. The summed E-state index contributed by atoms with van der Waals surface area (Å²) in [5, 5.41) is 10.9. The molecule has 0 atom stereocenters. The molecule has 698 valence electrons. The van der Waals surface area contributed by atoms with Gasteiger partial charge in [-0.2, -0.15) is 0 Å². The summed E-state index contributed by atoms with van der Waals surface area (Å²) in [7, 11) is -1.39. The first-order chi connectivity index (χ1) is 67.1. The van der Waals surface area contributed by atoms with Crippen molar-refractivity contribution in [3.63, 3.8) is 0 Å². The summed E-state index contributed by atoms with van der Waals surface area (Å²) in [5.41, 5.74) is 22.1. The molecule has 17 heteroatoms. The zero-order valence-electron chi connectivity index (χ0n) is 81.0. The first-order valence-corrected chi connectivity index (χ1v) is 53.5. The van der Waals surface area contributed by atoms with Gasteiger partial charge in [-0.3, -0.25) is 0 Å². The highest BCUT2D eigenvalue weighted by molar-refractivity contribution is 14.1. The Kier molecular flexibility index (Phi) is 34.0. The molecule has 18 aromatic rings. The van der Waals surface area contributed by atoms with Gasteiger partial charge in [0.15, 0.2) is 0 Å². The van der Waals surface area contributed by atoms with Crippen LogP contribution in [0.4, 0.5) is 45.5 Å². The van der Waals surface area contributed by atoms with Crippen LogP contribution in [-0.2, 0) is 27.9 Å². The van der Waals surface area contributed by atoms with Crippen molar-refractivity contribution in [2.24, 2.45) is 0 Å². The first kappa shape index (κ1) is 102. The van der Waals surface area contributed by atoms with Gasteiger partial charge in [-0.25, -0.2) is 0 Å². The van der Waals surface area contributed by atoms with E-state index in [4.69, 9.17) is 27.9 Å². The van der Waals surface area contributed by atoms with Crippen molar-refractivity contribution in [2.75, 3.05) is 25.0 Å². The van der Waals surface area contributed by atoms with Gasteiger partial charge in [0.05, 0.1) is 45.0 Å². The summed E-state index contributed by atoms with van der Waals surface area (Å²) in [5.74, 6) is 0. The number of anilines is 8. The second-order valence-electron chi connectivity index (χ2n) is 37.2. The van der Waals surface area contributed by atoms with Crippen LogP contribution >= 0.6 is 93.0 Å². The van der Waals surface area contributed by atoms with E-state index in [1.54, 1.807) is 0 Å². The molecule has 0 aromatic heterocycles. The highest BCUT2D eigenvalue weighted by Crippen LogP contribution is 2.47. The van der Waals surface area contributed by atoms with Gasteiger partial charge < -0.3 is 43.0 Å². The van der Waals surface area contributed by atoms with Crippen molar-refractivity contribution in [3.05, 3.63) is 450 Å². The Hall–Kier alpha value is -11.0. The third-order valence-corrected chi connectivity index (χ3v) is 27.9. The molecule has 0 aliphatic carbocycles. The smallest absolute Gasteiger partial charge is 0.405 e. The van der Waals surface area contributed by atoms with Crippen LogP contribution < -0.4 is 20.6 Å². The summed E-state index contributed by atoms with van der Waals surface area (Å²) in [6, 6.07) is 154. The standard InChI is InChI=1S/C40H36BNO2.C34H24BrN.C28H21N.C12H24B2O4.C6H4Br2.2CH3I/c1-39(2)40(3,4)44-41(43-39)34-18-12-20-36(28-34)42(38-22-11-16-32-15-8-9-21-37(32)38)35-19-10-17-33(27-35)31-25-23-30(24-26-31)29-13-6-5-7-14-29;35-30-14-8-16-32(24-30)36(34-18-7-12-28-11-4-5-17-33(28)34)31-15-6-13-29(23-31)27-21-19-26(20-22-27)25-9-2-1-3-10-25;1-2-8-21(9-3-1)22-16-18-23(19-17-22)25-12-6-13-26(20-25)29-28-15-7-11-24-10-4-5-14-27(24)28;1-9(2)10(3,4)16-13(15-9)14-17-11(5,6)12(7,8)18-14;7-5-2-1-3-6(8)4-5;2*1-2/h5-28H,1-4H3;1-24H;1-20,29H;1-8H3;1-4H;2*1H3. The van der Waals surface area contributed by atoms with Gasteiger partial charge in [-0.15, -0.1) is 0 Å². The van der Waals surface area contributed by atoms with Crippen molar-refractivity contribution in [1.82, 2.24) is 0 Å². The van der Waals surface area contributed by atoms with Crippen LogP contribution in [0.1, 0.15) is 83.1 Å². The fourth-order valence-corrected chi connectivity index (χ4v) is 18.4. The summed E-state index contributed by atoms with van der Waals surface area (Å²) in [6.45, 7) is 24.6. The predicted molar refractivity (Wildman–Crippen MR) is 621 cm³/mol. The molecule has 3 heterocycles. The van der Waals surface area contributed by atoms with Crippen LogP contribution in [0.25, 0.3) is 99.1 Å². The molecule has 1 N–H and O–H groups in total. The van der Waals surface area contributed by atoms with E-state index in [9.17, 15) is 0 Å². The van der Waals surface area contributed by atoms with Crippen LogP contribution in [0, 0.1) is 0 Å². The Morgan fingerprint density at radius 3 is 0.856 bits per heavy atom. The lowest BCUT2D eigenvalue weighted by Gasteiger charge is -2.32. The lowest BCUT2D eigenvalue weighted by atomic mass is 9.49. The average molecular weight is 2250 g/mol. The lowest BCUT2D eigenvalue weighted by Crippen LogP contribution is -2.41. The number of nitrogens with zero attached hydrogens (tertiary/aromatic N) is 2. The average Bonchev–Trinajstić information content (AvgIpc) is 1.58. The monoisotopic (exact) mass is 2240 g/mol. The van der Waals surface area contributed by atoms with Gasteiger partial charge in [0.2, 0.25) is 0 Å². The van der Waals surface area contributed by atoms with E-state index in [0.717, 1.165) is 69.9 Å². The molecule has 3 fully saturated rings. The SMILES string of the molecule is Brc1cccc(Br)c1.Brc1cccc(N(c2cccc(-c3ccc(-c4ccccc4)cc3)c2)c2cccc3ccccc23)c1.CC1(C)OB(B2OC(C)(C)C(C)(C)O2)OC1(C)C.CC1(C)OB(c2cccc(N(c3cccc(-c4ccc(-c5ccccc5)cc4)c3)c3cccc4ccccc34)c2)OC1(C)C.CI.CI.c1ccc(-c2ccc(-c3cccc(Nc4cccc5ccccc45)c3)cc2)cc1. The molecule has 0 amide bonds. The Balaban J connectivity index is 0.000000139. The third-order valence-electron chi connectivity index (χ3n) is 26.4. The molecule has 0 radical (unpaired) electrons. The van der Waals surface area contributed by atoms with Crippen molar-refractivity contribution in [2.45, 2.75) is 117 Å². The van der Waals surface area contributed by atoms with Crippen molar-refractivity contribution >= 4 is 197 Å². The zero-order valence-corrected chi connectivity index (χ0v) is 90.1. The number of rotatable bonds is 16. The van der Waals surface area contributed by atoms with Crippen LogP contribution in [0.15, 0.2) is 450 Å². The zero-order chi connectivity index (χ0) is 98.1. The normalized spacial score (nSPS) is 14.7. The minimum atomic E-state index is -0.476.